The Kier molecular flexibility index (Phi) is 3.41. The Morgan fingerprint density at radius 2 is 2.27 bits per heavy atom. The van der Waals surface area contributed by atoms with Crippen LogP contribution in [-0.2, 0) is 0 Å². The van der Waals surface area contributed by atoms with Crippen LogP contribution in [-0.4, -0.2) is 16.6 Å². The minimum atomic E-state index is -0.515. The molecule has 1 aromatic rings. The van der Waals surface area contributed by atoms with E-state index < -0.39 is 4.92 Å². The van der Waals surface area contributed by atoms with Crippen molar-refractivity contribution in [2.24, 2.45) is 5.73 Å². The standard InChI is InChI=1S/C10H12N2O3/c1-7(4-5-11)9-6-8(12(14)15)2-3-10(9)13/h2-3,6,13H,1,4-5,11H2. The predicted molar refractivity (Wildman–Crippen MR) is 57.5 cm³/mol. The van der Waals surface area contributed by atoms with E-state index in [1.165, 1.54) is 18.2 Å². The van der Waals surface area contributed by atoms with Gasteiger partial charge in [0.25, 0.3) is 5.69 Å². The second-order valence-electron chi connectivity index (χ2n) is 3.10. The minimum absolute atomic E-state index is 0.0148. The van der Waals surface area contributed by atoms with Crippen molar-refractivity contribution in [3.05, 3.63) is 40.5 Å². The van der Waals surface area contributed by atoms with Gasteiger partial charge in [0.05, 0.1) is 4.92 Å². The molecule has 0 unspecified atom stereocenters. The summed E-state index contributed by atoms with van der Waals surface area (Å²) in [6.07, 6.45) is 0.495. The molecule has 0 saturated heterocycles. The van der Waals surface area contributed by atoms with Crippen molar-refractivity contribution in [3.8, 4) is 5.75 Å². The fourth-order valence-electron chi connectivity index (χ4n) is 1.23. The summed E-state index contributed by atoms with van der Waals surface area (Å²) in [4.78, 5) is 10.00. The summed E-state index contributed by atoms with van der Waals surface area (Å²) in [6.45, 7) is 4.10. The molecule has 1 rings (SSSR count). The molecule has 0 aliphatic rings. The lowest BCUT2D eigenvalue weighted by Gasteiger charge is -2.06. The molecule has 0 fully saturated rings. The van der Waals surface area contributed by atoms with Crippen LogP contribution in [0, 0.1) is 10.1 Å². The van der Waals surface area contributed by atoms with Gasteiger partial charge in [0.1, 0.15) is 5.75 Å². The van der Waals surface area contributed by atoms with Crippen molar-refractivity contribution in [1.82, 2.24) is 0 Å². The van der Waals surface area contributed by atoms with Crippen LogP contribution in [0.2, 0.25) is 0 Å². The predicted octanol–water partition coefficient (Wildman–Crippen LogP) is 1.66. The number of phenols is 1. The van der Waals surface area contributed by atoms with Gasteiger partial charge >= 0.3 is 0 Å². The molecule has 0 radical (unpaired) electrons. The lowest BCUT2D eigenvalue weighted by Crippen LogP contribution is -2.00. The highest BCUT2D eigenvalue weighted by Gasteiger charge is 2.11. The molecular formula is C10H12N2O3. The molecule has 0 amide bonds. The molecule has 0 heterocycles. The molecule has 80 valence electrons. The van der Waals surface area contributed by atoms with Gasteiger partial charge in [-0.3, -0.25) is 10.1 Å². The van der Waals surface area contributed by atoms with Gasteiger partial charge in [-0.2, -0.15) is 0 Å². The van der Waals surface area contributed by atoms with E-state index in [9.17, 15) is 15.2 Å². The second-order valence-corrected chi connectivity index (χ2v) is 3.10. The van der Waals surface area contributed by atoms with Crippen molar-refractivity contribution >= 4 is 11.3 Å². The van der Waals surface area contributed by atoms with Gasteiger partial charge in [-0.05, 0) is 24.6 Å². The summed E-state index contributed by atoms with van der Waals surface area (Å²) in [5.74, 6) is -0.0148. The quantitative estimate of drug-likeness (QED) is 0.581. The van der Waals surface area contributed by atoms with Gasteiger partial charge < -0.3 is 10.8 Å². The average Bonchev–Trinajstić information content (AvgIpc) is 2.18. The highest BCUT2D eigenvalue weighted by molar-refractivity contribution is 5.70. The van der Waals surface area contributed by atoms with Gasteiger partial charge in [0.15, 0.2) is 0 Å². The molecule has 0 spiro atoms. The molecule has 0 saturated carbocycles. The minimum Gasteiger partial charge on any atom is -0.507 e. The van der Waals surface area contributed by atoms with Crippen molar-refractivity contribution < 1.29 is 10.0 Å². The maximum absolute atomic E-state index is 10.5. The van der Waals surface area contributed by atoms with Crippen LogP contribution in [0.1, 0.15) is 12.0 Å². The van der Waals surface area contributed by atoms with Crippen LogP contribution >= 0.6 is 0 Å². The Bertz CT molecular complexity index is 402. The van der Waals surface area contributed by atoms with Crippen LogP contribution in [0.5, 0.6) is 5.75 Å². The van der Waals surface area contributed by atoms with E-state index in [1.54, 1.807) is 0 Å². The van der Waals surface area contributed by atoms with Gasteiger partial charge in [-0.25, -0.2) is 0 Å². The van der Waals surface area contributed by atoms with E-state index in [-0.39, 0.29) is 11.4 Å². The van der Waals surface area contributed by atoms with E-state index in [2.05, 4.69) is 6.58 Å². The Hall–Kier alpha value is -1.88. The molecule has 0 bridgehead atoms. The van der Waals surface area contributed by atoms with E-state index in [1.807, 2.05) is 0 Å². The van der Waals surface area contributed by atoms with E-state index in [0.29, 0.717) is 24.1 Å². The SMILES string of the molecule is C=C(CCN)c1cc([N+](=O)[O-])ccc1O. The molecule has 15 heavy (non-hydrogen) atoms. The number of hydrogen-bond acceptors (Lipinski definition) is 4. The third-order valence-electron chi connectivity index (χ3n) is 2.02. The number of nitro benzene ring substituents is 1. The van der Waals surface area contributed by atoms with Crippen LogP contribution in [0.25, 0.3) is 5.57 Å². The van der Waals surface area contributed by atoms with Crippen molar-refractivity contribution in [2.75, 3.05) is 6.54 Å². The van der Waals surface area contributed by atoms with E-state index in [4.69, 9.17) is 5.73 Å². The number of aromatic hydroxyl groups is 1. The lowest BCUT2D eigenvalue weighted by atomic mass is 10.0. The number of hydrogen-bond donors (Lipinski definition) is 2. The number of nitrogens with zero attached hydrogens (tertiary/aromatic N) is 1. The van der Waals surface area contributed by atoms with Crippen LogP contribution in [0.4, 0.5) is 5.69 Å². The average molecular weight is 208 g/mol. The maximum Gasteiger partial charge on any atom is 0.270 e. The van der Waals surface area contributed by atoms with Gasteiger partial charge in [-0.15, -0.1) is 0 Å². The van der Waals surface area contributed by atoms with Gasteiger partial charge in [0, 0.05) is 17.7 Å². The Balaban J connectivity index is 3.10. The number of non-ortho nitro benzene ring substituents is 1. The highest BCUT2D eigenvalue weighted by Crippen LogP contribution is 2.29. The fraction of sp³-hybridized carbons (Fsp3) is 0.200. The Labute approximate surface area is 87.0 Å². The first-order valence-electron chi connectivity index (χ1n) is 4.42. The molecule has 1 aromatic carbocycles. The monoisotopic (exact) mass is 208 g/mol. The van der Waals surface area contributed by atoms with E-state index >= 15 is 0 Å². The second kappa shape index (κ2) is 4.56. The summed E-state index contributed by atoms with van der Waals surface area (Å²) in [7, 11) is 0. The molecular weight excluding hydrogens is 196 g/mol. The van der Waals surface area contributed by atoms with Crippen molar-refractivity contribution in [2.45, 2.75) is 6.42 Å². The summed E-state index contributed by atoms with van der Waals surface area (Å²) < 4.78 is 0. The number of nitro groups is 1. The van der Waals surface area contributed by atoms with Crippen LogP contribution in [0.3, 0.4) is 0 Å². The largest absolute Gasteiger partial charge is 0.507 e. The van der Waals surface area contributed by atoms with Crippen molar-refractivity contribution in [3.63, 3.8) is 0 Å². The number of nitrogens with two attached hydrogens (primary N) is 1. The van der Waals surface area contributed by atoms with Crippen molar-refractivity contribution in [1.29, 1.82) is 0 Å². The van der Waals surface area contributed by atoms with Crippen LogP contribution < -0.4 is 5.73 Å². The molecule has 0 aromatic heterocycles. The molecule has 5 heteroatoms. The molecule has 3 N–H and O–H groups in total. The van der Waals surface area contributed by atoms with Gasteiger partial charge in [-0.1, -0.05) is 6.58 Å². The third kappa shape index (κ3) is 2.54. The van der Waals surface area contributed by atoms with E-state index in [0.717, 1.165) is 0 Å². The lowest BCUT2D eigenvalue weighted by molar-refractivity contribution is -0.384. The zero-order valence-corrected chi connectivity index (χ0v) is 8.14. The molecule has 0 atom stereocenters. The third-order valence-corrected chi connectivity index (χ3v) is 2.02. The zero-order chi connectivity index (χ0) is 11.4. The topological polar surface area (TPSA) is 89.4 Å². The van der Waals surface area contributed by atoms with Crippen LogP contribution in [0.15, 0.2) is 24.8 Å². The Morgan fingerprint density at radius 1 is 1.60 bits per heavy atom. The first-order valence-corrected chi connectivity index (χ1v) is 4.42. The highest BCUT2D eigenvalue weighted by atomic mass is 16.6. The number of benzene rings is 1. The van der Waals surface area contributed by atoms with Gasteiger partial charge in [0.2, 0.25) is 0 Å². The fourth-order valence-corrected chi connectivity index (χ4v) is 1.23. The maximum atomic E-state index is 10.5. The smallest absolute Gasteiger partial charge is 0.270 e. The summed E-state index contributed by atoms with van der Waals surface area (Å²) in [5, 5.41) is 20.0. The summed E-state index contributed by atoms with van der Waals surface area (Å²) in [6, 6.07) is 3.83. The normalized spacial score (nSPS) is 9.93. The number of rotatable bonds is 4. The summed E-state index contributed by atoms with van der Waals surface area (Å²) >= 11 is 0. The Morgan fingerprint density at radius 3 is 2.80 bits per heavy atom. The summed E-state index contributed by atoms with van der Waals surface area (Å²) in [5.41, 5.74) is 6.25. The zero-order valence-electron chi connectivity index (χ0n) is 8.14. The first-order chi connectivity index (χ1) is 7.06. The number of phenolic OH excluding ortho intramolecular Hbond substituents is 1. The molecule has 0 aliphatic carbocycles. The molecule has 5 nitrogen and oxygen atoms in total. The first kappa shape index (κ1) is 11.2. The molecule has 0 aliphatic heterocycles.